The molecule has 0 saturated heterocycles. The standard InChI is InChI=1S/C15H14FNO2/c1-19-15(18)9-12-3-2-11(8-14(12)17)10-4-6-13(16)7-5-10/h2-8H,9,17H2,1H3. The molecule has 2 rings (SSSR count). The summed E-state index contributed by atoms with van der Waals surface area (Å²) >= 11 is 0. The summed E-state index contributed by atoms with van der Waals surface area (Å²) in [6, 6.07) is 11.6. The molecule has 0 aliphatic heterocycles. The minimum Gasteiger partial charge on any atom is -0.469 e. The van der Waals surface area contributed by atoms with Crippen molar-refractivity contribution < 1.29 is 13.9 Å². The molecule has 0 aliphatic carbocycles. The zero-order valence-corrected chi connectivity index (χ0v) is 10.5. The average molecular weight is 259 g/mol. The van der Waals surface area contributed by atoms with Crippen molar-refractivity contribution in [2.75, 3.05) is 12.8 Å². The summed E-state index contributed by atoms with van der Waals surface area (Å²) < 4.78 is 17.5. The highest BCUT2D eigenvalue weighted by Crippen LogP contribution is 2.24. The van der Waals surface area contributed by atoms with Crippen LogP contribution in [0.15, 0.2) is 42.5 Å². The lowest BCUT2D eigenvalue weighted by atomic mass is 10.0. The summed E-state index contributed by atoms with van der Waals surface area (Å²) in [4.78, 5) is 11.2. The van der Waals surface area contributed by atoms with Gasteiger partial charge in [0, 0.05) is 5.69 Å². The fraction of sp³-hybridized carbons (Fsp3) is 0.133. The zero-order valence-electron chi connectivity index (χ0n) is 10.5. The number of methoxy groups -OCH3 is 1. The number of carbonyl (C=O) groups excluding carboxylic acids is 1. The molecule has 0 bridgehead atoms. The fourth-order valence-corrected chi connectivity index (χ4v) is 1.81. The number of rotatable bonds is 3. The molecule has 0 fully saturated rings. The van der Waals surface area contributed by atoms with E-state index < -0.39 is 0 Å². The van der Waals surface area contributed by atoms with E-state index in [1.807, 2.05) is 6.07 Å². The molecule has 0 aromatic heterocycles. The molecule has 2 aromatic carbocycles. The van der Waals surface area contributed by atoms with Gasteiger partial charge in [0.2, 0.25) is 0 Å². The maximum atomic E-state index is 12.9. The third-order valence-corrected chi connectivity index (χ3v) is 2.89. The Kier molecular flexibility index (Phi) is 3.80. The van der Waals surface area contributed by atoms with Crippen LogP contribution in [0.2, 0.25) is 0 Å². The van der Waals surface area contributed by atoms with Crippen molar-refractivity contribution >= 4 is 11.7 Å². The second-order valence-electron chi connectivity index (χ2n) is 4.17. The van der Waals surface area contributed by atoms with Gasteiger partial charge in [0.25, 0.3) is 0 Å². The molecule has 2 N–H and O–H groups in total. The highest BCUT2D eigenvalue weighted by atomic mass is 19.1. The molecular formula is C15H14FNO2. The Morgan fingerprint density at radius 2 is 1.79 bits per heavy atom. The number of carbonyl (C=O) groups is 1. The van der Waals surface area contributed by atoms with Crippen molar-refractivity contribution in [3.05, 3.63) is 53.8 Å². The van der Waals surface area contributed by atoms with Crippen LogP contribution < -0.4 is 5.73 Å². The molecule has 0 unspecified atom stereocenters. The lowest BCUT2D eigenvalue weighted by Crippen LogP contribution is -2.06. The minimum absolute atomic E-state index is 0.145. The molecule has 0 heterocycles. The predicted molar refractivity (Wildman–Crippen MR) is 72.0 cm³/mol. The lowest BCUT2D eigenvalue weighted by Gasteiger charge is -2.08. The second-order valence-corrected chi connectivity index (χ2v) is 4.17. The Labute approximate surface area is 110 Å². The highest BCUT2D eigenvalue weighted by Gasteiger charge is 2.08. The lowest BCUT2D eigenvalue weighted by molar-refractivity contribution is -0.139. The number of hydrogen-bond donors (Lipinski definition) is 1. The molecular weight excluding hydrogens is 245 g/mol. The Morgan fingerprint density at radius 3 is 2.37 bits per heavy atom. The molecule has 0 atom stereocenters. The number of halogens is 1. The fourth-order valence-electron chi connectivity index (χ4n) is 1.81. The molecule has 3 nitrogen and oxygen atoms in total. The smallest absolute Gasteiger partial charge is 0.310 e. The molecule has 4 heteroatoms. The molecule has 0 aliphatic rings. The summed E-state index contributed by atoms with van der Waals surface area (Å²) in [6.07, 6.45) is 0.145. The van der Waals surface area contributed by atoms with Crippen LogP contribution in [0.25, 0.3) is 11.1 Å². The van der Waals surface area contributed by atoms with Crippen molar-refractivity contribution in [1.29, 1.82) is 0 Å². The molecule has 19 heavy (non-hydrogen) atoms. The van der Waals surface area contributed by atoms with E-state index in [-0.39, 0.29) is 18.2 Å². The first kappa shape index (κ1) is 13.1. The van der Waals surface area contributed by atoms with Crippen molar-refractivity contribution in [3.8, 4) is 11.1 Å². The number of nitrogen functional groups attached to an aromatic ring is 1. The monoisotopic (exact) mass is 259 g/mol. The first-order valence-corrected chi connectivity index (χ1v) is 5.81. The van der Waals surface area contributed by atoms with Gasteiger partial charge in [-0.2, -0.15) is 0 Å². The summed E-state index contributed by atoms with van der Waals surface area (Å²) in [7, 11) is 1.34. The molecule has 0 spiro atoms. The van der Waals surface area contributed by atoms with Gasteiger partial charge >= 0.3 is 5.97 Å². The van der Waals surface area contributed by atoms with Crippen LogP contribution in [-0.2, 0) is 16.0 Å². The van der Waals surface area contributed by atoms with Gasteiger partial charge in [-0.3, -0.25) is 4.79 Å². The van der Waals surface area contributed by atoms with Crippen LogP contribution in [0, 0.1) is 5.82 Å². The summed E-state index contributed by atoms with van der Waals surface area (Å²) in [5.41, 5.74) is 8.90. The number of hydrogen-bond acceptors (Lipinski definition) is 3. The van der Waals surface area contributed by atoms with Crippen LogP contribution in [0.3, 0.4) is 0 Å². The van der Waals surface area contributed by atoms with Gasteiger partial charge in [0.1, 0.15) is 5.82 Å². The van der Waals surface area contributed by atoms with Crippen LogP contribution in [0.1, 0.15) is 5.56 Å². The number of ether oxygens (including phenoxy) is 1. The van der Waals surface area contributed by atoms with Crippen LogP contribution >= 0.6 is 0 Å². The van der Waals surface area contributed by atoms with Crippen LogP contribution in [0.4, 0.5) is 10.1 Å². The maximum Gasteiger partial charge on any atom is 0.310 e. The number of nitrogens with two attached hydrogens (primary N) is 1. The third kappa shape index (κ3) is 3.10. The molecule has 0 saturated carbocycles. The van der Waals surface area contributed by atoms with Gasteiger partial charge in [0.15, 0.2) is 0 Å². The SMILES string of the molecule is COC(=O)Cc1ccc(-c2ccc(F)cc2)cc1N. The van der Waals surface area contributed by atoms with E-state index in [2.05, 4.69) is 4.74 Å². The Morgan fingerprint density at radius 1 is 1.16 bits per heavy atom. The molecule has 2 aromatic rings. The Bertz CT molecular complexity index is 594. The first-order chi connectivity index (χ1) is 9.10. The quantitative estimate of drug-likeness (QED) is 0.681. The second kappa shape index (κ2) is 5.52. The van der Waals surface area contributed by atoms with Crippen LogP contribution in [-0.4, -0.2) is 13.1 Å². The van der Waals surface area contributed by atoms with Gasteiger partial charge in [-0.15, -0.1) is 0 Å². The van der Waals surface area contributed by atoms with Crippen molar-refractivity contribution in [2.45, 2.75) is 6.42 Å². The van der Waals surface area contributed by atoms with Gasteiger partial charge in [-0.05, 0) is 34.9 Å². The first-order valence-electron chi connectivity index (χ1n) is 5.81. The Balaban J connectivity index is 2.28. The molecule has 0 amide bonds. The summed E-state index contributed by atoms with van der Waals surface area (Å²) in [5.74, 6) is -0.611. The van der Waals surface area contributed by atoms with E-state index in [1.165, 1.54) is 19.2 Å². The summed E-state index contributed by atoms with van der Waals surface area (Å²) in [5, 5.41) is 0. The van der Waals surface area contributed by atoms with E-state index in [0.717, 1.165) is 16.7 Å². The molecule has 0 radical (unpaired) electrons. The normalized spacial score (nSPS) is 10.2. The largest absolute Gasteiger partial charge is 0.469 e. The van der Waals surface area contributed by atoms with E-state index in [4.69, 9.17) is 5.73 Å². The number of benzene rings is 2. The van der Waals surface area contributed by atoms with Crippen molar-refractivity contribution in [2.24, 2.45) is 0 Å². The minimum atomic E-state index is -0.332. The zero-order chi connectivity index (χ0) is 13.8. The number of anilines is 1. The number of esters is 1. The topological polar surface area (TPSA) is 52.3 Å². The van der Waals surface area contributed by atoms with Crippen molar-refractivity contribution in [3.63, 3.8) is 0 Å². The van der Waals surface area contributed by atoms with E-state index in [1.54, 1.807) is 24.3 Å². The third-order valence-electron chi connectivity index (χ3n) is 2.89. The Hall–Kier alpha value is -2.36. The van der Waals surface area contributed by atoms with Gasteiger partial charge < -0.3 is 10.5 Å². The van der Waals surface area contributed by atoms with E-state index in [0.29, 0.717) is 5.69 Å². The average Bonchev–Trinajstić information content (AvgIpc) is 2.41. The van der Waals surface area contributed by atoms with Gasteiger partial charge in [-0.25, -0.2) is 4.39 Å². The molecule has 98 valence electrons. The van der Waals surface area contributed by atoms with Crippen LogP contribution in [0.5, 0.6) is 0 Å². The van der Waals surface area contributed by atoms with Gasteiger partial charge in [0.05, 0.1) is 13.5 Å². The summed E-state index contributed by atoms with van der Waals surface area (Å²) in [6.45, 7) is 0. The van der Waals surface area contributed by atoms with E-state index in [9.17, 15) is 9.18 Å². The van der Waals surface area contributed by atoms with E-state index >= 15 is 0 Å². The van der Waals surface area contributed by atoms with Crippen molar-refractivity contribution in [1.82, 2.24) is 0 Å². The predicted octanol–water partition coefficient (Wildman–Crippen LogP) is 2.79. The van der Waals surface area contributed by atoms with Gasteiger partial charge in [-0.1, -0.05) is 24.3 Å². The maximum absolute atomic E-state index is 12.9. The highest BCUT2D eigenvalue weighted by molar-refractivity contribution is 5.77.